The quantitative estimate of drug-likeness (QED) is 0.824. The lowest BCUT2D eigenvalue weighted by atomic mass is 10.3. The zero-order valence-corrected chi connectivity index (χ0v) is 10.6. The van der Waals surface area contributed by atoms with Gasteiger partial charge in [-0.05, 0) is 22.5 Å². The van der Waals surface area contributed by atoms with Gasteiger partial charge in [-0.3, -0.25) is 0 Å². The Bertz CT molecular complexity index is 294. The van der Waals surface area contributed by atoms with Gasteiger partial charge in [0.05, 0.1) is 9.98 Å². The van der Waals surface area contributed by atoms with Crippen LogP contribution in [-0.4, -0.2) is 42.6 Å². The first-order chi connectivity index (χ1) is 6.79. The summed E-state index contributed by atoms with van der Waals surface area (Å²) in [5.41, 5.74) is 0. The van der Waals surface area contributed by atoms with E-state index in [0.29, 0.717) is 0 Å². The topological polar surface area (TPSA) is 19.4 Å². The fraction of sp³-hybridized carbons (Fsp3) is 0.667. The third-order valence-corrected chi connectivity index (χ3v) is 4.09. The van der Waals surface area contributed by atoms with Crippen molar-refractivity contribution < 1.29 is 0 Å². The molecule has 1 aromatic rings. The second-order valence-electron chi connectivity index (χ2n) is 3.37. The highest BCUT2D eigenvalue weighted by molar-refractivity contribution is 9.11. The first kappa shape index (κ1) is 10.4. The molecule has 0 aliphatic carbocycles. The Morgan fingerprint density at radius 2 is 2.14 bits per heavy atom. The summed E-state index contributed by atoms with van der Waals surface area (Å²) in [4.78, 5) is 9.20. The molecule has 0 radical (unpaired) electrons. The molecule has 2 heterocycles. The van der Waals surface area contributed by atoms with Crippen molar-refractivity contribution in [3.63, 3.8) is 0 Å². The largest absolute Gasteiger partial charge is 0.345 e. The summed E-state index contributed by atoms with van der Waals surface area (Å²) in [6.45, 7) is 7.91. The van der Waals surface area contributed by atoms with Crippen LogP contribution in [0.25, 0.3) is 0 Å². The Labute approximate surface area is 96.9 Å². The van der Waals surface area contributed by atoms with Gasteiger partial charge in [0.1, 0.15) is 0 Å². The van der Waals surface area contributed by atoms with Gasteiger partial charge in [0.25, 0.3) is 0 Å². The molecule has 0 unspecified atom stereocenters. The molecular weight excluding hydrogens is 262 g/mol. The summed E-state index contributed by atoms with van der Waals surface area (Å²) >= 11 is 5.16. The highest BCUT2D eigenvalue weighted by Crippen LogP contribution is 2.27. The van der Waals surface area contributed by atoms with Crippen molar-refractivity contribution in [3.05, 3.63) is 9.98 Å². The number of piperazine rings is 1. The Hall–Kier alpha value is -0.130. The zero-order valence-electron chi connectivity index (χ0n) is 8.24. The fourth-order valence-electron chi connectivity index (χ4n) is 1.65. The number of thiazole rings is 1. The summed E-state index contributed by atoms with van der Waals surface area (Å²) in [5.74, 6) is 0. The van der Waals surface area contributed by atoms with Crippen LogP contribution in [0.1, 0.15) is 6.92 Å². The number of hydrogen-bond donors (Lipinski definition) is 0. The fourth-order valence-corrected chi connectivity index (χ4v) is 2.88. The van der Waals surface area contributed by atoms with E-state index in [9.17, 15) is 0 Å². The van der Waals surface area contributed by atoms with Crippen LogP contribution in [0.5, 0.6) is 0 Å². The van der Waals surface area contributed by atoms with E-state index in [0.717, 1.165) is 41.6 Å². The van der Waals surface area contributed by atoms with Crippen LogP contribution in [0.4, 0.5) is 5.13 Å². The van der Waals surface area contributed by atoms with Crippen molar-refractivity contribution in [2.45, 2.75) is 6.92 Å². The number of rotatable bonds is 2. The van der Waals surface area contributed by atoms with E-state index >= 15 is 0 Å². The van der Waals surface area contributed by atoms with Gasteiger partial charge in [-0.25, -0.2) is 4.98 Å². The molecule has 0 bridgehead atoms. The van der Waals surface area contributed by atoms with Gasteiger partial charge in [-0.1, -0.05) is 18.3 Å². The standard InChI is InChI=1S/C9H14BrN3S/c1-2-12-3-5-13(6-4-12)9-11-7-8(10)14-9/h7H,2-6H2,1H3. The zero-order chi connectivity index (χ0) is 9.97. The van der Waals surface area contributed by atoms with Gasteiger partial charge < -0.3 is 9.80 Å². The summed E-state index contributed by atoms with van der Waals surface area (Å²) in [5, 5.41) is 1.15. The van der Waals surface area contributed by atoms with E-state index in [1.54, 1.807) is 11.3 Å². The monoisotopic (exact) mass is 275 g/mol. The molecule has 3 nitrogen and oxygen atoms in total. The van der Waals surface area contributed by atoms with Crippen LogP contribution in [0.2, 0.25) is 0 Å². The maximum atomic E-state index is 4.37. The van der Waals surface area contributed by atoms with Crippen LogP contribution in [0, 0.1) is 0 Å². The molecule has 1 fully saturated rings. The van der Waals surface area contributed by atoms with Gasteiger partial charge in [-0.2, -0.15) is 0 Å². The minimum atomic E-state index is 1.10. The Kier molecular flexibility index (Phi) is 3.41. The molecule has 1 aliphatic rings. The maximum Gasteiger partial charge on any atom is 0.186 e. The van der Waals surface area contributed by atoms with Gasteiger partial charge >= 0.3 is 0 Å². The van der Waals surface area contributed by atoms with Gasteiger partial charge in [0.15, 0.2) is 5.13 Å². The normalized spacial score (nSPS) is 18.9. The minimum absolute atomic E-state index is 1.10. The lowest BCUT2D eigenvalue weighted by Gasteiger charge is -2.33. The Morgan fingerprint density at radius 3 is 2.64 bits per heavy atom. The predicted molar refractivity (Wildman–Crippen MR) is 64.1 cm³/mol. The number of hydrogen-bond acceptors (Lipinski definition) is 4. The lowest BCUT2D eigenvalue weighted by molar-refractivity contribution is 0.271. The lowest BCUT2D eigenvalue weighted by Crippen LogP contribution is -2.46. The van der Waals surface area contributed by atoms with E-state index in [1.165, 1.54) is 0 Å². The number of anilines is 1. The first-order valence-corrected chi connectivity index (χ1v) is 6.49. The summed E-state index contributed by atoms with van der Waals surface area (Å²) < 4.78 is 1.12. The number of aromatic nitrogens is 1. The molecule has 0 saturated carbocycles. The molecule has 78 valence electrons. The van der Waals surface area contributed by atoms with Gasteiger partial charge in [-0.15, -0.1) is 0 Å². The van der Waals surface area contributed by atoms with Crippen LogP contribution >= 0.6 is 27.3 Å². The number of likely N-dealkylation sites (N-methyl/N-ethyl adjacent to an activating group) is 1. The summed E-state index contributed by atoms with van der Waals surface area (Å²) in [7, 11) is 0. The van der Waals surface area contributed by atoms with Crippen molar-refractivity contribution in [2.75, 3.05) is 37.6 Å². The molecule has 0 amide bonds. The number of nitrogens with zero attached hydrogens (tertiary/aromatic N) is 3. The second kappa shape index (κ2) is 4.59. The van der Waals surface area contributed by atoms with Crippen LogP contribution < -0.4 is 4.90 Å². The van der Waals surface area contributed by atoms with E-state index in [2.05, 4.69) is 37.6 Å². The molecule has 0 N–H and O–H groups in total. The molecule has 1 aromatic heterocycles. The predicted octanol–water partition coefficient (Wildman–Crippen LogP) is 2.05. The van der Waals surface area contributed by atoms with Gasteiger partial charge in [0.2, 0.25) is 0 Å². The molecule has 1 aliphatic heterocycles. The van der Waals surface area contributed by atoms with E-state index in [-0.39, 0.29) is 0 Å². The molecule has 1 saturated heterocycles. The van der Waals surface area contributed by atoms with Crippen molar-refractivity contribution >= 4 is 32.4 Å². The molecule has 2 rings (SSSR count). The van der Waals surface area contributed by atoms with E-state index in [4.69, 9.17) is 0 Å². The smallest absolute Gasteiger partial charge is 0.186 e. The van der Waals surface area contributed by atoms with Crippen LogP contribution in [0.3, 0.4) is 0 Å². The van der Waals surface area contributed by atoms with Gasteiger partial charge in [0, 0.05) is 26.2 Å². The van der Waals surface area contributed by atoms with Crippen molar-refractivity contribution in [2.24, 2.45) is 0 Å². The molecule has 0 atom stereocenters. The van der Waals surface area contributed by atoms with Crippen molar-refractivity contribution in [1.82, 2.24) is 9.88 Å². The molecular formula is C9H14BrN3S. The average molecular weight is 276 g/mol. The van der Waals surface area contributed by atoms with E-state index in [1.807, 2.05) is 6.20 Å². The number of halogens is 1. The third kappa shape index (κ3) is 2.27. The minimum Gasteiger partial charge on any atom is -0.345 e. The first-order valence-electron chi connectivity index (χ1n) is 4.88. The molecule has 5 heteroatoms. The van der Waals surface area contributed by atoms with Crippen LogP contribution in [0.15, 0.2) is 9.98 Å². The van der Waals surface area contributed by atoms with Crippen LogP contribution in [-0.2, 0) is 0 Å². The second-order valence-corrected chi connectivity index (χ2v) is 5.76. The van der Waals surface area contributed by atoms with E-state index < -0.39 is 0 Å². The Morgan fingerprint density at radius 1 is 1.43 bits per heavy atom. The summed E-state index contributed by atoms with van der Waals surface area (Å²) in [6, 6.07) is 0. The SMILES string of the molecule is CCN1CCN(c2ncc(Br)s2)CC1. The van der Waals surface area contributed by atoms with Crippen molar-refractivity contribution in [1.29, 1.82) is 0 Å². The maximum absolute atomic E-state index is 4.37. The molecule has 0 spiro atoms. The highest BCUT2D eigenvalue weighted by Gasteiger charge is 2.17. The summed E-state index contributed by atoms with van der Waals surface area (Å²) in [6.07, 6.45) is 1.88. The van der Waals surface area contributed by atoms with Crippen molar-refractivity contribution in [3.8, 4) is 0 Å². The molecule has 0 aromatic carbocycles. The average Bonchev–Trinajstić information content (AvgIpc) is 2.65. The third-order valence-electron chi connectivity index (χ3n) is 2.56. The molecule has 14 heavy (non-hydrogen) atoms. The highest BCUT2D eigenvalue weighted by atomic mass is 79.9. The Balaban J connectivity index is 1.95.